The van der Waals surface area contributed by atoms with Gasteiger partial charge in [-0.1, -0.05) is 0 Å². The van der Waals surface area contributed by atoms with Crippen molar-refractivity contribution in [1.29, 1.82) is 0 Å². The maximum Gasteiger partial charge on any atom is 0.416 e. The lowest BCUT2D eigenvalue weighted by molar-refractivity contribution is 0.170. The van der Waals surface area contributed by atoms with E-state index in [2.05, 4.69) is 15.0 Å². The first-order chi connectivity index (χ1) is 7.99. The summed E-state index contributed by atoms with van der Waals surface area (Å²) >= 11 is 0. The van der Waals surface area contributed by atoms with Crippen molar-refractivity contribution in [3.8, 4) is 5.88 Å². The molecule has 8 heteroatoms. The van der Waals surface area contributed by atoms with Crippen LogP contribution in [0.2, 0.25) is 0 Å². The molecule has 2 rings (SSSR count). The van der Waals surface area contributed by atoms with E-state index in [4.69, 9.17) is 10.5 Å². The van der Waals surface area contributed by atoms with Gasteiger partial charge in [-0.15, -0.1) is 0 Å². The molecule has 0 aliphatic rings. The lowest BCUT2D eigenvalue weighted by Crippen LogP contribution is -2.26. The third kappa shape index (κ3) is 1.96. The molecule has 8 nitrogen and oxygen atoms in total. The topological polar surface area (TPSA) is 99.2 Å². The summed E-state index contributed by atoms with van der Waals surface area (Å²) in [6, 6.07) is 0. The van der Waals surface area contributed by atoms with Crippen molar-refractivity contribution >= 4 is 23.2 Å². The van der Waals surface area contributed by atoms with Gasteiger partial charge in [0.1, 0.15) is 0 Å². The number of hydrogen-bond donors (Lipinski definition) is 1. The molecule has 0 bridgehead atoms. The van der Waals surface area contributed by atoms with E-state index in [1.807, 2.05) is 0 Å². The van der Waals surface area contributed by atoms with Crippen molar-refractivity contribution in [3.63, 3.8) is 0 Å². The van der Waals surface area contributed by atoms with E-state index in [9.17, 15) is 4.79 Å². The number of aromatic nitrogens is 4. The molecule has 0 fully saturated rings. The Balaban J connectivity index is 2.49. The van der Waals surface area contributed by atoms with Crippen LogP contribution in [-0.2, 0) is 7.05 Å². The van der Waals surface area contributed by atoms with Crippen molar-refractivity contribution in [1.82, 2.24) is 24.4 Å². The molecule has 0 radical (unpaired) electrons. The number of nitrogens with zero attached hydrogens (tertiary/aromatic N) is 5. The highest BCUT2D eigenvalue weighted by atomic mass is 16.6. The van der Waals surface area contributed by atoms with Gasteiger partial charge in [0.05, 0.1) is 6.33 Å². The Morgan fingerprint density at radius 3 is 2.82 bits per heavy atom. The van der Waals surface area contributed by atoms with Gasteiger partial charge in [-0.3, -0.25) is 0 Å². The average Bonchev–Trinajstić information content (AvgIpc) is 2.60. The van der Waals surface area contributed by atoms with E-state index in [0.717, 1.165) is 0 Å². The highest BCUT2D eigenvalue weighted by Gasteiger charge is 2.16. The molecule has 2 heterocycles. The number of carbonyl (C=O) groups excluding carboxylic acids is 1. The number of nitrogens with two attached hydrogens (primary N) is 1. The molecule has 0 aliphatic heterocycles. The second kappa shape index (κ2) is 3.89. The van der Waals surface area contributed by atoms with Crippen LogP contribution in [0, 0.1) is 0 Å². The zero-order valence-electron chi connectivity index (χ0n) is 9.71. The average molecular weight is 236 g/mol. The molecule has 0 spiro atoms. The molecule has 0 saturated heterocycles. The number of aryl methyl sites for hydroxylation is 1. The maximum absolute atomic E-state index is 11.4. The number of amides is 1. The number of rotatable bonds is 1. The number of fused-ring (bicyclic) bond motifs is 1. The number of nitrogen functional groups attached to an aromatic ring is 1. The van der Waals surface area contributed by atoms with E-state index >= 15 is 0 Å². The third-order valence-corrected chi connectivity index (χ3v) is 2.09. The monoisotopic (exact) mass is 236 g/mol. The fourth-order valence-corrected chi connectivity index (χ4v) is 1.24. The normalized spacial score (nSPS) is 10.5. The van der Waals surface area contributed by atoms with Crippen LogP contribution >= 0.6 is 0 Å². The Kier molecular flexibility index (Phi) is 2.54. The summed E-state index contributed by atoms with van der Waals surface area (Å²) in [5.74, 6) is 0.0921. The van der Waals surface area contributed by atoms with Crippen LogP contribution in [-0.4, -0.2) is 44.6 Å². The van der Waals surface area contributed by atoms with Crippen LogP contribution in [0.3, 0.4) is 0 Å². The first-order valence-corrected chi connectivity index (χ1v) is 4.82. The Morgan fingerprint density at radius 1 is 1.47 bits per heavy atom. The molecule has 90 valence electrons. The third-order valence-electron chi connectivity index (χ3n) is 2.09. The number of carbonyl (C=O) groups is 1. The zero-order chi connectivity index (χ0) is 12.6. The molecule has 1 amide bonds. The number of hydrogen-bond acceptors (Lipinski definition) is 6. The lowest BCUT2D eigenvalue weighted by Gasteiger charge is -2.10. The van der Waals surface area contributed by atoms with Crippen molar-refractivity contribution in [2.45, 2.75) is 0 Å². The van der Waals surface area contributed by atoms with Gasteiger partial charge in [0.25, 0.3) is 5.88 Å². The van der Waals surface area contributed by atoms with E-state index in [-0.39, 0.29) is 11.8 Å². The first-order valence-electron chi connectivity index (χ1n) is 4.82. The Morgan fingerprint density at radius 2 is 2.18 bits per heavy atom. The van der Waals surface area contributed by atoms with Crippen molar-refractivity contribution in [2.24, 2.45) is 7.05 Å². The fourth-order valence-electron chi connectivity index (χ4n) is 1.24. The molecular weight excluding hydrogens is 224 g/mol. The second-order valence-corrected chi connectivity index (χ2v) is 3.68. The van der Waals surface area contributed by atoms with E-state index < -0.39 is 6.09 Å². The Hall–Kier alpha value is -2.38. The molecule has 0 atom stereocenters. The van der Waals surface area contributed by atoms with Gasteiger partial charge in [-0.25, -0.2) is 9.78 Å². The summed E-state index contributed by atoms with van der Waals surface area (Å²) in [6.07, 6.45) is 1.00. The van der Waals surface area contributed by atoms with Crippen LogP contribution in [0.4, 0.5) is 10.7 Å². The summed E-state index contributed by atoms with van der Waals surface area (Å²) in [5.41, 5.74) is 6.45. The van der Waals surface area contributed by atoms with Crippen molar-refractivity contribution in [3.05, 3.63) is 6.33 Å². The summed E-state index contributed by atoms with van der Waals surface area (Å²) in [4.78, 5) is 24.7. The second-order valence-electron chi connectivity index (χ2n) is 3.68. The molecule has 0 saturated carbocycles. The molecule has 2 aromatic rings. The van der Waals surface area contributed by atoms with Gasteiger partial charge in [0.2, 0.25) is 5.95 Å². The minimum absolute atomic E-state index is 0.0302. The smallest absolute Gasteiger partial charge is 0.388 e. The van der Waals surface area contributed by atoms with Crippen molar-refractivity contribution in [2.75, 3.05) is 19.8 Å². The van der Waals surface area contributed by atoms with Crippen LogP contribution in [0.5, 0.6) is 5.88 Å². The van der Waals surface area contributed by atoms with Crippen LogP contribution in [0.15, 0.2) is 6.33 Å². The van der Waals surface area contributed by atoms with E-state index in [1.54, 1.807) is 32.0 Å². The quantitative estimate of drug-likeness (QED) is 0.748. The summed E-state index contributed by atoms with van der Waals surface area (Å²) in [6.45, 7) is 0. The molecule has 2 N–H and O–H groups in total. The molecule has 2 aromatic heterocycles. The molecule has 0 aliphatic carbocycles. The predicted molar refractivity (Wildman–Crippen MR) is 60.4 cm³/mol. The van der Waals surface area contributed by atoms with E-state index in [1.165, 1.54) is 4.90 Å². The molecular formula is C9H12N6O2. The molecule has 0 aromatic carbocycles. The van der Waals surface area contributed by atoms with Crippen LogP contribution in [0.1, 0.15) is 0 Å². The summed E-state index contributed by atoms with van der Waals surface area (Å²) < 4.78 is 6.73. The highest BCUT2D eigenvalue weighted by Crippen LogP contribution is 2.21. The van der Waals surface area contributed by atoms with E-state index in [0.29, 0.717) is 11.2 Å². The fraction of sp³-hybridized carbons (Fsp3) is 0.333. The summed E-state index contributed by atoms with van der Waals surface area (Å²) in [7, 11) is 4.91. The van der Waals surface area contributed by atoms with Crippen LogP contribution < -0.4 is 10.5 Å². The van der Waals surface area contributed by atoms with Gasteiger partial charge in [0, 0.05) is 21.1 Å². The van der Waals surface area contributed by atoms with Gasteiger partial charge >= 0.3 is 6.09 Å². The van der Waals surface area contributed by atoms with Gasteiger partial charge in [0.15, 0.2) is 11.2 Å². The van der Waals surface area contributed by atoms with Crippen molar-refractivity contribution < 1.29 is 9.53 Å². The van der Waals surface area contributed by atoms with Gasteiger partial charge in [-0.2, -0.15) is 9.97 Å². The number of ether oxygens (including phenoxy) is 1. The minimum Gasteiger partial charge on any atom is -0.388 e. The Bertz CT molecular complexity index is 576. The number of anilines is 1. The standard InChI is InChI=1S/C9H12N6O2/c1-14(2)9(16)17-7-5-6(12-8(10)13-7)15(3)4-11-5/h4H,1-3H3,(H2,10,12,13). The highest BCUT2D eigenvalue weighted by molar-refractivity contribution is 5.81. The minimum atomic E-state index is -0.546. The van der Waals surface area contributed by atoms with Crippen LogP contribution in [0.25, 0.3) is 11.2 Å². The largest absolute Gasteiger partial charge is 0.416 e. The maximum atomic E-state index is 11.4. The predicted octanol–water partition coefficient (Wildman–Crippen LogP) is 0.00590. The Labute approximate surface area is 97.0 Å². The summed E-state index contributed by atoms with van der Waals surface area (Å²) in [5, 5.41) is 0. The van der Waals surface area contributed by atoms with Gasteiger partial charge in [-0.05, 0) is 0 Å². The molecule has 17 heavy (non-hydrogen) atoms. The van der Waals surface area contributed by atoms with Gasteiger partial charge < -0.3 is 19.9 Å². The molecule has 0 unspecified atom stereocenters. The number of imidazole rings is 1. The first kappa shape index (κ1) is 11.1. The zero-order valence-corrected chi connectivity index (χ0v) is 9.71. The SMILES string of the molecule is CN(C)C(=O)Oc1nc(N)nc2c1ncn2C. The lowest BCUT2D eigenvalue weighted by atomic mass is 10.5.